The molecule has 1 aromatic carbocycles. The van der Waals surface area contributed by atoms with Gasteiger partial charge in [-0.15, -0.1) is 0 Å². The molecule has 3 aliphatic heterocycles. The van der Waals surface area contributed by atoms with Crippen molar-refractivity contribution in [2.75, 3.05) is 26.7 Å². The summed E-state index contributed by atoms with van der Waals surface area (Å²) in [5.41, 5.74) is 1.57. The highest BCUT2D eigenvalue weighted by molar-refractivity contribution is 5.99. The molecule has 8 N–H and O–H groups in total. The number of ether oxygens (including phenoxy) is 1. The summed E-state index contributed by atoms with van der Waals surface area (Å²) in [5, 5.41) is 27.7. The van der Waals surface area contributed by atoms with Crippen molar-refractivity contribution >= 4 is 70.0 Å². The van der Waals surface area contributed by atoms with Crippen molar-refractivity contribution in [1.82, 2.24) is 46.7 Å². The Kier molecular flexibility index (Phi) is 21.5. The zero-order chi connectivity index (χ0) is 53.4. The van der Waals surface area contributed by atoms with Crippen molar-refractivity contribution in [3.63, 3.8) is 0 Å². The maximum atomic E-state index is 14.7. The van der Waals surface area contributed by atoms with Gasteiger partial charge < -0.3 is 51.2 Å². The van der Waals surface area contributed by atoms with Gasteiger partial charge in [-0.1, -0.05) is 78.2 Å². The number of carboxylic acid groups (broad SMARTS) is 1. The molecule has 9 atom stereocenters. The van der Waals surface area contributed by atoms with E-state index in [9.17, 15) is 53.1 Å². The Bertz CT molecular complexity index is 2350. The summed E-state index contributed by atoms with van der Waals surface area (Å²) in [7, 11) is 1.22. The lowest BCUT2D eigenvalue weighted by molar-refractivity contribution is -0.149. The molecule has 5 rings (SSSR count). The van der Waals surface area contributed by atoms with Crippen LogP contribution in [0.25, 0.3) is 10.9 Å². The fraction of sp³-hybridized carbons (Fsp3) is 0.615. The molecule has 2 aromatic rings. The summed E-state index contributed by atoms with van der Waals surface area (Å²) < 4.78 is 4.64. The van der Waals surface area contributed by atoms with E-state index in [1.165, 1.54) is 29.1 Å². The number of ketones is 1. The van der Waals surface area contributed by atoms with Crippen molar-refractivity contribution in [3.05, 3.63) is 48.2 Å². The second-order valence-electron chi connectivity index (χ2n) is 19.8. The van der Waals surface area contributed by atoms with Gasteiger partial charge in [-0.05, 0) is 74.8 Å². The number of amides is 7. The maximum absolute atomic E-state index is 14.7. The number of benzene rings is 1. The van der Waals surface area contributed by atoms with Gasteiger partial charge in [0.2, 0.25) is 41.4 Å². The molecule has 3 saturated heterocycles. The van der Waals surface area contributed by atoms with Crippen molar-refractivity contribution in [2.45, 2.75) is 166 Å². The molecule has 0 spiro atoms. The molecule has 21 heteroatoms. The number of aliphatic carboxylic acids is 1. The van der Waals surface area contributed by atoms with E-state index in [2.05, 4.69) is 41.6 Å². The van der Waals surface area contributed by atoms with E-state index in [0.29, 0.717) is 32.1 Å². The molecule has 3 aliphatic rings. The molecule has 0 bridgehead atoms. The quantitative estimate of drug-likeness (QED) is 0.0495. The zero-order valence-electron chi connectivity index (χ0n) is 43.0. The summed E-state index contributed by atoms with van der Waals surface area (Å²) >= 11 is 0. The second-order valence-corrected chi connectivity index (χ2v) is 19.8. The second kappa shape index (κ2) is 27.4. The molecule has 0 saturated carbocycles. The van der Waals surface area contributed by atoms with Crippen LogP contribution in [-0.2, 0) is 59.1 Å². The number of methoxy groups -OCH3 is 1. The molecule has 9 unspecified atom stereocenters. The van der Waals surface area contributed by atoms with Crippen LogP contribution in [0.4, 0.5) is 0 Å². The minimum Gasteiger partial charge on any atom is -0.480 e. The number of hydrogen-bond acceptors (Lipinski definition) is 12. The number of Topliss-reactive ketones (excluding diaryl/α,β-unsaturated/α-hetero) is 1. The lowest BCUT2D eigenvalue weighted by Gasteiger charge is -2.33. The van der Waals surface area contributed by atoms with Gasteiger partial charge in [0.25, 0.3) is 0 Å². The lowest BCUT2D eigenvalue weighted by atomic mass is 9.95. The molecular weight excluding hydrogens is 943 g/mol. The molecule has 73 heavy (non-hydrogen) atoms. The fourth-order valence-electron chi connectivity index (χ4n) is 9.68. The zero-order valence-corrected chi connectivity index (χ0v) is 43.0. The molecule has 4 heterocycles. The van der Waals surface area contributed by atoms with E-state index < -0.39 is 108 Å². The van der Waals surface area contributed by atoms with Gasteiger partial charge in [0.1, 0.15) is 48.1 Å². The first kappa shape index (κ1) is 57.3. The molecule has 1 aromatic heterocycles. The van der Waals surface area contributed by atoms with Gasteiger partial charge in [-0.3, -0.25) is 43.7 Å². The average Bonchev–Trinajstić information content (AvgIpc) is 4.22. The number of aromatic amines is 1. The first-order chi connectivity index (χ1) is 34.9. The van der Waals surface area contributed by atoms with Crippen LogP contribution in [0, 0.1) is 11.8 Å². The molecule has 3 fully saturated rings. The van der Waals surface area contributed by atoms with Gasteiger partial charge >= 0.3 is 11.9 Å². The minimum atomic E-state index is -1.17. The molecule has 7 amide bonds. The summed E-state index contributed by atoms with van der Waals surface area (Å²) in [4.78, 5) is 141. The highest BCUT2D eigenvalue weighted by Crippen LogP contribution is 2.25. The molecular formula is C52H75N9O12. The monoisotopic (exact) mass is 1020 g/mol. The Hall–Kier alpha value is -6.64. The number of carboxylic acids is 1. The third-order valence-corrected chi connectivity index (χ3v) is 14.0. The van der Waals surface area contributed by atoms with E-state index in [1.807, 2.05) is 52.0 Å². The van der Waals surface area contributed by atoms with Crippen LogP contribution in [0.3, 0.4) is 0 Å². The molecule has 400 valence electrons. The predicted octanol–water partition coefficient (Wildman–Crippen LogP) is 1.92. The predicted molar refractivity (Wildman–Crippen MR) is 269 cm³/mol. The summed E-state index contributed by atoms with van der Waals surface area (Å²) in [6.07, 6.45) is 8.15. The van der Waals surface area contributed by atoms with Crippen molar-refractivity contribution in [2.24, 2.45) is 11.8 Å². The van der Waals surface area contributed by atoms with E-state index in [-0.39, 0.29) is 82.7 Å². The molecule has 0 aliphatic carbocycles. The van der Waals surface area contributed by atoms with Crippen LogP contribution in [0.2, 0.25) is 0 Å². The number of carbonyl (C=O) groups is 10. The van der Waals surface area contributed by atoms with E-state index in [1.54, 1.807) is 13.1 Å². The van der Waals surface area contributed by atoms with Crippen molar-refractivity contribution < 1.29 is 57.8 Å². The number of esters is 1. The smallest absolute Gasteiger partial charge is 0.330 e. The van der Waals surface area contributed by atoms with Gasteiger partial charge in [-0.2, -0.15) is 0 Å². The van der Waals surface area contributed by atoms with Gasteiger partial charge in [0, 0.05) is 49.1 Å². The number of unbranched alkanes of at least 4 members (excludes halogenated alkanes) is 1. The first-order valence-electron chi connectivity index (χ1n) is 25.8. The number of allylic oxidation sites excluding steroid dienone is 1. The van der Waals surface area contributed by atoms with Crippen molar-refractivity contribution in [1.29, 1.82) is 0 Å². The Labute approximate surface area is 426 Å². The Balaban J connectivity index is 1.32. The number of likely N-dealkylation sites (tertiary alicyclic amines) is 2. The largest absolute Gasteiger partial charge is 0.480 e. The lowest BCUT2D eigenvalue weighted by Crippen LogP contribution is -2.61. The number of carbonyl (C=O) groups excluding carboxylic acids is 9. The van der Waals surface area contributed by atoms with Crippen LogP contribution in [0.15, 0.2) is 42.6 Å². The standard InChI is InChI=1S/C52H75N9O12/c1-7-9-17-36(55-45(64)37(19-12-13-22-43(63)73-6)56-47(66)38-27-33(62)29-54-38)46(65)59-44(31(5)8-2)49(68)58-39(25-30(3)4)50(69)60-23-14-20-41(60)48(67)57-40(51(70)61-24-15-21-42(61)52(71)72)26-32-28-53-35-18-11-10-16-34(32)35/h10-11,13,16,18,22,28,30-31,36-42,44,53-54H,7-9,12,14-15,17,19-21,23-27,29H2,1-6H3,(H,55,64)(H,56,66)(H,57,67)(H,58,68)(H,59,65)(H,71,72). The summed E-state index contributed by atoms with van der Waals surface area (Å²) in [6, 6.07) is -1.15. The van der Waals surface area contributed by atoms with Crippen LogP contribution >= 0.6 is 0 Å². The Morgan fingerprint density at radius 3 is 2.07 bits per heavy atom. The number of hydrogen-bond donors (Lipinski definition) is 8. The van der Waals surface area contributed by atoms with E-state index in [0.717, 1.165) is 16.5 Å². The summed E-state index contributed by atoms with van der Waals surface area (Å²) in [6.45, 7) is 9.71. The number of fused-ring (bicyclic) bond motifs is 1. The highest BCUT2D eigenvalue weighted by Gasteiger charge is 2.43. The first-order valence-corrected chi connectivity index (χ1v) is 25.8. The Morgan fingerprint density at radius 2 is 1.42 bits per heavy atom. The Morgan fingerprint density at radius 1 is 0.795 bits per heavy atom. The number of nitrogens with zero attached hydrogens (tertiary/aromatic N) is 2. The number of H-pyrrole nitrogens is 1. The van der Waals surface area contributed by atoms with Crippen LogP contribution < -0.4 is 31.9 Å². The van der Waals surface area contributed by atoms with Crippen LogP contribution in [-0.4, -0.2) is 154 Å². The van der Waals surface area contributed by atoms with Gasteiger partial charge in [-0.25, -0.2) is 9.59 Å². The van der Waals surface area contributed by atoms with E-state index >= 15 is 0 Å². The number of aromatic nitrogens is 1. The summed E-state index contributed by atoms with van der Waals surface area (Å²) in [5.74, 6) is -6.66. The van der Waals surface area contributed by atoms with Crippen LogP contribution in [0.1, 0.15) is 117 Å². The normalized spacial score (nSPS) is 20.3. The SMILES string of the molecule is CCCCC(NC(=O)C(CCC=CC(=O)OC)NC(=O)C1CC(=O)CN1)C(=O)NC(C(=O)NC(CC(C)C)C(=O)N1CCCC1C(=O)NC(Cc1c[nH]c2ccccc12)C(=O)N1CCCC1C(=O)O)C(C)CC. The van der Waals surface area contributed by atoms with Gasteiger partial charge in [0.05, 0.1) is 19.7 Å². The fourth-order valence-corrected chi connectivity index (χ4v) is 9.68. The number of nitrogens with one attached hydrogen (secondary N) is 7. The highest BCUT2D eigenvalue weighted by atomic mass is 16.5. The molecule has 21 nitrogen and oxygen atoms in total. The topological polar surface area (TPSA) is 295 Å². The third kappa shape index (κ3) is 15.7. The maximum Gasteiger partial charge on any atom is 0.330 e. The van der Waals surface area contributed by atoms with Crippen molar-refractivity contribution in [3.8, 4) is 0 Å². The number of para-hydroxylation sites is 1. The van der Waals surface area contributed by atoms with Crippen LogP contribution in [0.5, 0.6) is 0 Å². The number of rotatable bonds is 26. The van der Waals surface area contributed by atoms with E-state index in [4.69, 9.17) is 0 Å². The minimum absolute atomic E-state index is 0.0126. The third-order valence-electron chi connectivity index (χ3n) is 14.0. The van der Waals surface area contributed by atoms with Gasteiger partial charge in [0.15, 0.2) is 0 Å². The average molecular weight is 1020 g/mol. The molecule has 0 radical (unpaired) electrons.